The molecule has 0 saturated carbocycles. The number of hydrogen-bond acceptors (Lipinski definition) is 3. The van der Waals surface area contributed by atoms with Crippen LogP contribution in [0.25, 0.3) is 0 Å². The fourth-order valence-electron chi connectivity index (χ4n) is 2.15. The molecule has 0 bridgehead atoms. The number of thiophene rings is 1. The van der Waals surface area contributed by atoms with Gasteiger partial charge >= 0.3 is 0 Å². The molecule has 0 spiro atoms. The lowest BCUT2D eigenvalue weighted by Gasteiger charge is -2.24. The van der Waals surface area contributed by atoms with Gasteiger partial charge in [-0.2, -0.15) is 0 Å². The summed E-state index contributed by atoms with van der Waals surface area (Å²) in [5.74, 6) is 0. The average molecular weight is 274 g/mol. The summed E-state index contributed by atoms with van der Waals surface area (Å²) >= 11 is 1.84. The van der Waals surface area contributed by atoms with Crippen LogP contribution in [0.4, 0.5) is 5.69 Å². The highest BCUT2D eigenvalue weighted by Gasteiger charge is 2.10. The molecule has 0 saturated heterocycles. The fraction of sp³-hybridized carbons (Fsp3) is 0.375. The average Bonchev–Trinajstić information content (AvgIpc) is 2.89. The first-order valence-electron chi connectivity index (χ1n) is 6.72. The minimum atomic E-state index is 0.569. The summed E-state index contributed by atoms with van der Waals surface area (Å²) in [4.78, 5) is 3.88. The van der Waals surface area contributed by atoms with Crippen LogP contribution in [-0.4, -0.2) is 24.5 Å². The third-order valence-corrected chi connectivity index (χ3v) is 4.43. The van der Waals surface area contributed by atoms with Gasteiger partial charge in [0.25, 0.3) is 0 Å². The molecule has 0 aliphatic rings. The van der Waals surface area contributed by atoms with E-state index in [1.807, 2.05) is 23.5 Å². The summed E-state index contributed by atoms with van der Waals surface area (Å²) in [5.41, 5.74) is 7.97. The molecule has 1 atom stereocenters. The molecule has 1 aromatic heterocycles. The molecule has 1 heterocycles. The zero-order chi connectivity index (χ0) is 13.7. The van der Waals surface area contributed by atoms with Crippen LogP contribution in [0.5, 0.6) is 0 Å². The van der Waals surface area contributed by atoms with Gasteiger partial charge in [0.05, 0.1) is 0 Å². The highest BCUT2D eigenvalue weighted by atomic mass is 32.1. The number of hydrogen-bond donors (Lipinski definition) is 1. The van der Waals surface area contributed by atoms with E-state index in [1.165, 1.54) is 10.4 Å². The second-order valence-electron chi connectivity index (χ2n) is 5.11. The Hall–Kier alpha value is -1.32. The molecule has 0 fully saturated rings. The second-order valence-corrected chi connectivity index (χ2v) is 6.14. The summed E-state index contributed by atoms with van der Waals surface area (Å²) < 4.78 is 0. The summed E-state index contributed by atoms with van der Waals surface area (Å²) in [6, 6.07) is 13.1. The monoisotopic (exact) mass is 274 g/mol. The van der Waals surface area contributed by atoms with Crippen molar-refractivity contribution in [1.82, 2.24) is 4.90 Å². The highest BCUT2D eigenvalue weighted by Crippen LogP contribution is 2.14. The molecular formula is C16H22N2S. The Morgan fingerprint density at radius 2 is 2.11 bits per heavy atom. The first kappa shape index (κ1) is 14.1. The van der Waals surface area contributed by atoms with E-state index in [4.69, 9.17) is 5.73 Å². The van der Waals surface area contributed by atoms with Gasteiger partial charge in [0.15, 0.2) is 0 Å². The van der Waals surface area contributed by atoms with Crippen molar-refractivity contribution in [3.63, 3.8) is 0 Å². The number of nitrogen functional groups attached to an aromatic ring is 1. The molecule has 19 heavy (non-hydrogen) atoms. The summed E-state index contributed by atoms with van der Waals surface area (Å²) in [5, 5.41) is 2.15. The first-order valence-corrected chi connectivity index (χ1v) is 7.60. The standard InChI is InChI=1S/C16H22N2S/c1-13(11-16-7-4-10-19-16)18(2)9-8-14-5-3-6-15(17)12-14/h3-7,10,12-13H,8-9,11,17H2,1-2H3. The lowest BCUT2D eigenvalue weighted by molar-refractivity contribution is 0.260. The molecule has 2 rings (SSSR count). The second kappa shape index (κ2) is 6.73. The van der Waals surface area contributed by atoms with Crippen LogP contribution < -0.4 is 5.73 Å². The first-order chi connectivity index (χ1) is 9.15. The van der Waals surface area contributed by atoms with E-state index < -0.39 is 0 Å². The molecule has 0 aliphatic carbocycles. The SMILES string of the molecule is CC(Cc1cccs1)N(C)CCc1cccc(N)c1. The van der Waals surface area contributed by atoms with Crippen molar-refractivity contribution < 1.29 is 0 Å². The molecule has 2 aromatic rings. The van der Waals surface area contributed by atoms with Crippen molar-refractivity contribution in [1.29, 1.82) is 0 Å². The van der Waals surface area contributed by atoms with Crippen molar-refractivity contribution in [3.8, 4) is 0 Å². The van der Waals surface area contributed by atoms with Gasteiger partial charge in [-0.15, -0.1) is 11.3 Å². The molecule has 102 valence electrons. The summed E-state index contributed by atoms with van der Waals surface area (Å²) in [6.07, 6.45) is 2.18. The summed E-state index contributed by atoms with van der Waals surface area (Å²) in [7, 11) is 2.20. The van der Waals surface area contributed by atoms with Crippen molar-refractivity contribution >= 4 is 17.0 Å². The topological polar surface area (TPSA) is 29.3 Å². The highest BCUT2D eigenvalue weighted by molar-refractivity contribution is 7.09. The molecular weight excluding hydrogens is 252 g/mol. The Bertz CT molecular complexity index is 493. The van der Waals surface area contributed by atoms with Gasteiger partial charge in [0, 0.05) is 23.2 Å². The van der Waals surface area contributed by atoms with Crippen molar-refractivity contribution in [3.05, 3.63) is 52.2 Å². The molecule has 2 N–H and O–H groups in total. The maximum Gasteiger partial charge on any atom is 0.0316 e. The molecule has 2 nitrogen and oxygen atoms in total. The minimum absolute atomic E-state index is 0.569. The quantitative estimate of drug-likeness (QED) is 0.818. The number of likely N-dealkylation sites (N-methyl/N-ethyl adjacent to an activating group) is 1. The number of rotatable bonds is 6. The Kier molecular flexibility index (Phi) is 5.00. The maximum absolute atomic E-state index is 5.80. The van der Waals surface area contributed by atoms with E-state index in [2.05, 4.69) is 48.5 Å². The Labute approximate surface area is 119 Å². The summed E-state index contributed by atoms with van der Waals surface area (Å²) in [6.45, 7) is 3.36. The van der Waals surface area contributed by atoms with Crippen LogP contribution in [0, 0.1) is 0 Å². The van der Waals surface area contributed by atoms with Gasteiger partial charge in [0.2, 0.25) is 0 Å². The van der Waals surface area contributed by atoms with Crippen LogP contribution in [0.15, 0.2) is 41.8 Å². The van der Waals surface area contributed by atoms with Crippen molar-refractivity contribution in [2.75, 3.05) is 19.3 Å². The van der Waals surface area contributed by atoms with Crippen LogP contribution in [0.1, 0.15) is 17.4 Å². The predicted octanol–water partition coefficient (Wildman–Crippen LogP) is 3.44. The molecule has 0 aliphatic heterocycles. The lowest BCUT2D eigenvalue weighted by atomic mass is 10.1. The predicted molar refractivity (Wildman–Crippen MR) is 84.7 cm³/mol. The fourth-order valence-corrected chi connectivity index (χ4v) is 2.98. The molecule has 0 radical (unpaired) electrons. The van der Waals surface area contributed by atoms with Gasteiger partial charge < -0.3 is 10.6 Å². The smallest absolute Gasteiger partial charge is 0.0316 e. The third-order valence-electron chi connectivity index (χ3n) is 3.53. The number of benzene rings is 1. The normalized spacial score (nSPS) is 12.8. The van der Waals surface area contributed by atoms with Crippen molar-refractivity contribution in [2.45, 2.75) is 25.8 Å². The third kappa shape index (κ3) is 4.37. The van der Waals surface area contributed by atoms with Crippen LogP contribution in [-0.2, 0) is 12.8 Å². The van der Waals surface area contributed by atoms with E-state index >= 15 is 0 Å². The Morgan fingerprint density at radius 3 is 2.79 bits per heavy atom. The van der Waals surface area contributed by atoms with Gasteiger partial charge in [-0.1, -0.05) is 18.2 Å². The van der Waals surface area contributed by atoms with E-state index in [0.717, 1.165) is 25.1 Å². The van der Waals surface area contributed by atoms with Crippen LogP contribution >= 0.6 is 11.3 Å². The number of nitrogens with two attached hydrogens (primary N) is 1. The molecule has 1 aromatic carbocycles. The van der Waals surface area contributed by atoms with Gasteiger partial charge in [0.1, 0.15) is 0 Å². The largest absolute Gasteiger partial charge is 0.399 e. The van der Waals surface area contributed by atoms with Crippen LogP contribution in [0.2, 0.25) is 0 Å². The Morgan fingerprint density at radius 1 is 1.26 bits per heavy atom. The van der Waals surface area contributed by atoms with Crippen molar-refractivity contribution in [2.24, 2.45) is 0 Å². The van der Waals surface area contributed by atoms with E-state index in [9.17, 15) is 0 Å². The minimum Gasteiger partial charge on any atom is -0.399 e. The number of anilines is 1. The molecule has 1 unspecified atom stereocenters. The molecule has 0 amide bonds. The Balaban J connectivity index is 1.82. The van der Waals surface area contributed by atoms with E-state index in [-0.39, 0.29) is 0 Å². The van der Waals surface area contributed by atoms with E-state index in [0.29, 0.717) is 6.04 Å². The maximum atomic E-state index is 5.80. The zero-order valence-corrected chi connectivity index (χ0v) is 12.5. The van der Waals surface area contributed by atoms with Gasteiger partial charge in [-0.3, -0.25) is 0 Å². The zero-order valence-electron chi connectivity index (χ0n) is 11.7. The van der Waals surface area contributed by atoms with Gasteiger partial charge in [-0.05, 0) is 56.0 Å². The van der Waals surface area contributed by atoms with Gasteiger partial charge in [-0.25, -0.2) is 0 Å². The van der Waals surface area contributed by atoms with E-state index in [1.54, 1.807) is 0 Å². The number of nitrogens with zero attached hydrogens (tertiary/aromatic N) is 1. The van der Waals surface area contributed by atoms with Crippen LogP contribution in [0.3, 0.4) is 0 Å². The molecule has 3 heteroatoms. The lowest BCUT2D eigenvalue weighted by Crippen LogP contribution is -2.32.